The van der Waals surface area contributed by atoms with Gasteiger partial charge in [-0.1, -0.05) is 18.2 Å². The third-order valence-electron chi connectivity index (χ3n) is 4.62. The van der Waals surface area contributed by atoms with Crippen molar-refractivity contribution in [3.8, 4) is 0 Å². The molecule has 8 N–H and O–H groups in total. The molecule has 0 aliphatic carbocycles. The van der Waals surface area contributed by atoms with E-state index >= 15 is 0 Å². The molecule has 1 aromatic heterocycles. The molecule has 0 saturated heterocycles. The highest BCUT2D eigenvalue weighted by Gasteiger charge is 2.04. The maximum Gasteiger partial charge on any atom is 0.0466 e. The molecule has 0 aliphatic heterocycles. The van der Waals surface area contributed by atoms with E-state index in [1.807, 2.05) is 91.0 Å². The summed E-state index contributed by atoms with van der Waals surface area (Å²) in [4.78, 5) is 3.32. The summed E-state index contributed by atoms with van der Waals surface area (Å²) in [6.45, 7) is 0. The molecule has 5 nitrogen and oxygen atoms in total. The third kappa shape index (κ3) is 4.25. The van der Waals surface area contributed by atoms with E-state index in [-0.39, 0.29) is 0 Å². The van der Waals surface area contributed by atoms with Crippen LogP contribution in [0.25, 0.3) is 21.8 Å². The van der Waals surface area contributed by atoms with Crippen LogP contribution in [0.3, 0.4) is 0 Å². The molecule has 0 spiro atoms. The number of rotatable bonds is 2. The molecular weight excluding hydrogens is 358 g/mol. The normalized spacial score (nSPS) is 10.5. The Labute approximate surface area is 169 Å². The van der Waals surface area contributed by atoms with E-state index < -0.39 is 0 Å². The molecule has 5 aromatic rings. The number of nitrogens with two attached hydrogens (primary N) is 3. The van der Waals surface area contributed by atoms with Crippen LogP contribution in [-0.4, -0.2) is 4.98 Å². The molecule has 0 fully saturated rings. The van der Waals surface area contributed by atoms with Gasteiger partial charge in [-0.3, -0.25) is 0 Å². The highest BCUT2D eigenvalue weighted by molar-refractivity contribution is 6.09. The van der Waals surface area contributed by atoms with Crippen LogP contribution in [-0.2, 0) is 0 Å². The summed E-state index contributed by atoms with van der Waals surface area (Å²) in [6, 6.07) is 29.4. The summed E-state index contributed by atoms with van der Waals surface area (Å²) < 4.78 is 0. The van der Waals surface area contributed by atoms with Crippen LogP contribution in [0.1, 0.15) is 0 Å². The summed E-state index contributed by atoms with van der Waals surface area (Å²) in [5.41, 5.74) is 23.7. The molecule has 0 unspecified atom stereocenters. The quantitative estimate of drug-likeness (QED) is 0.260. The van der Waals surface area contributed by atoms with Crippen LogP contribution in [0, 0.1) is 0 Å². The lowest BCUT2D eigenvalue weighted by Crippen LogP contribution is -1.90. The molecule has 1 heterocycles. The van der Waals surface area contributed by atoms with E-state index in [4.69, 9.17) is 17.2 Å². The Bertz CT molecular complexity index is 1190. The predicted molar refractivity (Wildman–Crippen MR) is 125 cm³/mol. The van der Waals surface area contributed by atoms with E-state index in [2.05, 4.69) is 10.3 Å². The minimum atomic E-state index is 0.769. The molecule has 0 bridgehead atoms. The molecule has 0 aliphatic rings. The second-order valence-corrected chi connectivity index (χ2v) is 6.85. The Kier molecular flexibility index (Phi) is 4.95. The van der Waals surface area contributed by atoms with Gasteiger partial charge in [0.05, 0.1) is 0 Å². The molecule has 4 aromatic carbocycles. The first kappa shape index (κ1) is 18.3. The van der Waals surface area contributed by atoms with E-state index in [0.717, 1.165) is 50.2 Å². The van der Waals surface area contributed by atoms with Crippen molar-refractivity contribution < 1.29 is 0 Å². The lowest BCUT2D eigenvalue weighted by atomic mass is 10.1. The maximum atomic E-state index is 5.77. The second kappa shape index (κ2) is 7.86. The molecule has 0 saturated carbocycles. The first-order valence-corrected chi connectivity index (χ1v) is 9.32. The van der Waals surface area contributed by atoms with E-state index in [9.17, 15) is 0 Å². The van der Waals surface area contributed by atoms with Gasteiger partial charge in [-0.15, -0.1) is 0 Å². The smallest absolute Gasteiger partial charge is 0.0466 e. The number of fused-ring (bicyclic) bond motifs is 3. The summed E-state index contributed by atoms with van der Waals surface area (Å²) in [5, 5.41) is 5.52. The number of para-hydroxylation sites is 1. The van der Waals surface area contributed by atoms with Gasteiger partial charge in [0.15, 0.2) is 0 Å². The van der Waals surface area contributed by atoms with Crippen molar-refractivity contribution in [1.29, 1.82) is 0 Å². The van der Waals surface area contributed by atoms with Crippen molar-refractivity contribution in [2.45, 2.75) is 0 Å². The zero-order valence-electron chi connectivity index (χ0n) is 15.9. The standard InChI is InChI=1S/C12H11N3.C12H12N2/c13-7-1-3-11-9(5-7)10-6-8(14)2-4-12(10)15-11;13-10-6-8-12(9-7-10)14-11-4-2-1-3-5-11/h1-6,15H,13-14H2;1-9,14H,13H2. The molecule has 0 amide bonds. The van der Waals surface area contributed by atoms with Crippen LogP contribution >= 0.6 is 0 Å². The number of hydrogen-bond donors (Lipinski definition) is 5. The molecule has 0 radical (unpaired) electrons. The molecule has 144 valence electrons. The van der Waals surface area contributed by atoms with Crippen LogP contribution in [0.4, 0.5) is 28.4 Å². The summed E-state index contributed by atoms with van der Waals surface area (Å²) in [7, 11) is 0. The minimum absolute atomic E-state index is 0.769. The fourth-order valence-electron chi connectivity index (χ4n) is 3.19. The van der Waals surface area contributed by atoms with Gasteiger partial charge in [-0.2, -0.15) is 0 Å². The Morgan fingerprint density at radius 1 is 0.517 bits per heavy atom. The molecular formula is C24H23N5. The fraction of sp³-hybridized carbons (Fsp3) is 0. The molecule has 5 rings (SSSR count). The zero-order valence-corrected chi connectivity index (χ0v) is 15.9. The van der Waals surface area contributed by atoms with Crippen molar-refractivity contribution in [3.63, 3.8) is 0 Å². The van der Waals surface area contributed by atoms with Gasteiger partial charge in [-0.25, -0.2) is 0 Å². The number of hydrogen-bond acceptors (Lipinski definition) is 4. The number of H-pyrrole nitrogens is 1. The Morgan fingerprint density at radius 2 is 1.00 bits per heavy atom. The minimum Gasteiger partial charge on any atom is -0.399 e. The van der Waals surface area contributed by atoms with Crippen LogP contribution < -0.4 is 22.5 Å². The van der Waals surface area contributed by atoms with Crippen LogP contribution in [0.2, 0.25) is 0 Å². The monoisotopic (exact) mass is 381 g/mol. The highest BCUT2D eigenvalue weighted by Crippen LogP contribution is 2.28. The average molecular weight is 381 g/mol. The summed E-state index contributed by atoms with van der Waals surface area (Å²) in [6.07, 6.45) is 0. The number of anilines is 5. The highest BCUT2D eigenvalue weighted by atomic mass is 14.9. The maximum absolute atomic E-state index is 5.77. The van der Waals surface area contributed by atoms with Gasteiger partial charge < -0.3 is 27.5 Å². The number of nitrogen functional groups attached to an aromatic ring is 3. The van der Waals surface area contributed by atoms with Gasteiger partial charge in [0, 0.05) is 50.2 Å². The first-order valence-electron chi connectivity index (χ1n) is 9.32. The molecule has 0 atom stereocenters. The largest absolute Gasteiger partial charge is 0.399 e. The number of nitrogens with one attached hydrogen (secondary N) is 2. The van der Waals surface area contributed by atoms with Crippen LogP contribution in [0.5, 0.6) is 0 Å². The van der Waals surface area contributed by atoms with E-state index in [1.165, 1.54) is 0 Å². The van der Waals surface area contributed by atoms with Crippen molar-refractivity contribution >= 4 is 50.2 Å². The third-order valence-corrected chi connectivity index (χ3v) is 4.62. The van der Waals surface area contributed by atoms with E-state index in [1.54, 1.807) is 0 Å². The van der Waals surface area contributed by atoms with Crippen molar-refractivity contribution in [1.82, 2.24) is 4.98 Å². The first-order chi connectivity index (χ1) is 14.1. The van der Waals surface area contributed by atoms with Gasteiger partial charge in [0.1, 0.15) is 0 Å². The van der Waals surface area contributed by atoms with Gasteiger partial charge in [-0.05, 0) is 72.8 Å². The summed E-state index contributed by atoms with van der Waals surface area (Å²) in [5.74, 6) is 0. The topological polar surface area (TPSA) is 106 Å². The average Bonchev–Trinajstić information content (AvgIpc) is 3.08. The lowest BCUT2D eigenvalue weighted by molar-refractivity contribution is 1.54. The second-order valence-electron chi connectivity index (χ2n) is 6.85. The van der Waals surface area contributed by atoms with Crippen molar-refractivity contribution in [2.24, 2.45) is 0 Å². The molecule has 5 heteroatoms. The van der Waals surface area contributed by atoms with Gasteiger partial charge in [0.2, 0.25) is 0 Å². The number of aromatic amines is 1. The zero-order chi connectivity index (χ0) is 20.2. The fourth-order valence-corrected chi connectivity index (χ4v) is 3.19. The van der Waals surface area contributed by atoms with Crippen molar-refractivity contribution in [3.05, 3.63) is 91.0 Å². The Morgan fingerprint density at radius 3 is 1.55 bits per heavy atom. The Balaban J connectivity index is 0.000000142. The van der Waals surface area contributed by atoms with Gasteiger partial charge in [0.25, 0.3) is 0 Å². The molecule has 29 heavy (non-hydrogen) atoms. The number of aromatic nitrogens is 1. The number of benzene rings is 4. The predicted octanol–water partition coefficient (Wildman–Crippen LogP) is 5.50. The summed E-state index contributed by atoms with van der Waals surface area (Å²) >= 11 is 0. The van der Waals surface area contributed by atoms with Crippen molar-refractivity contribution in [2.75, 3.05) is 22.5 Å². The lowest BCUT2D eigenvalue weighted by Gasteiger charge is -2.05. The van der Waals surface area contributed by atoms with Gasteiger partial charge >= 0.3 is 0 Å². The van der Waals surface area contributed by atoms with E-state index in [0.29, 0.717) is 0 Å². The Hall–Kier alpha value is -4.12. The SMILES string of the molecule is Nc1ccc(Nc2ccccc2)cc1.Nc1ccc2[nH]c3ccc(N)cc3c2c1. The van der Waals surface area contributed by atoms with Crippen LogP contribution in [0.15, 0.2) is 91.0 Å².